The number of halogens is 6. The van der Waals surface area contributed by atoms with Crippen LogP contribution in [-0.4, -0.2) is 29.6 Å². The van der Waals surface area contributed by atoms with Crippen molar-refractivity contribution in [2.45, 2.75) is 14.6 Å². The summed E-state index contributed by atoms with van der Waals surface area (Å²) >= 11 is 35.0. The Morgan fingerprint density at radius 1 is 1.00 bits per heavy atom. The summed E-state index contributed by atoms with van der Waals surface area (Å²) in [6, 6.07) is 5.23. The van der Waals surface area contributed by atoms with Crippen molar-refractivity contribution in [2.24, 2.45) is 4.40 Å². The molecule has 1 aromatic carbocycles. The molecule has 124 valence electrons. The molecule has 11 heteroatoms. The number of alkyl halides is 3. The van der Waals surface area contributed by atoms with Gasteiger partial charge in [-0.1, -0.05) is 58.0 Å². The standard InChI is InChI=1S/C12H5Cl6NO3S/c13-5-1-3-6(4-2-5)23(21,22)19-9-7(14)8(15)11(20)12(17,18)10(9)16/h1-4,10H. The van der Waals surface area contributed by atoms with Crippen molar-refractivity contribution in [2.75, 3.05) is 0 Å². The van der Waals surface area contributed by atoms with Crippen molar-refractivity contribution < 1.29 is 13.2 Å². The zero-order valence-corrected chi connectivity index (χ0v) is 16.1. The number of ketones is 1. The highest BCUT2D eigenvalue weighted by Crippen LogP contribution is 2.42. The van der Waals surface area contributed by atoms with Crippen molar-refractivity contribution in [3.8, 4) is 0 Å². The van der Waals surface area contributed by atoms with Crippen LogP contribution in [0.15, 0.2) is 43.6 Å². The smallest absolute Gasteiger partial charge is 0.282 e. The van der Waals surface area contributed by atoms with Gasteiger partial charge in [-0.3, -0.25) is 4.79 Å². The SMILES string of the molecule is O=C1C(Cl)=C(Cl)C(=NS(=O)(=O)c2ccc(Cl)cc2)C(Cl)C1(Cl)Cl. The molecule has 1 unspecified atom stereocenters. The fourth-order valence-electron chi connectivity index (χ4n) is 1.63. The van der Waals surface area contributed by atoms with Crippen LogP contribution in [0.5, 0.6) is 0 Å². The van der Waals surface area contributed by atoms with Gasteiger partial charge in [0.05, 0.1) is 15.6 Å². The Morgan fingerprint density at radius 3 is 2.04 bits per heavy atom. The summed E-state index contributed by atoms with van der Waals surface area (Å²) < 4.78 is 26.0. The second kappa shape index (κ2) is 6.71. The first-order valence-electron chi connectivity index (χ1n) is 5.71. The highest BCUT2D eigenvalue weighted by Gasteiger charge is 2.51. The normalized spacial score (nSPS) is 23.5. The van der Waals surface area contributed by atoms with Gasteiger partial charge in [0.1, 0.15) is 10.4 Å². The van der Waals surface area contributed by atoms with Crippen molar-refractivity contribution >= 4 is 91.1 Å². The van der Waals surface area contributed by atoms with E-state index >= 15 is 0 Å². The molecule has 1 aliphatic rings. The zero-order valence-electron chi connectivity index (χ0n) is 10.7. The molecule has 0 radical (unpaired) electrons. The molecule has 4 nitrogen and oxygen atoms in total. The molecule has 0 fully saturated rings. The average Bonchev–Trinajstić information content (AvgIpc) is 2.49. The lowest BCUT2D eigenvalue weighted by atomic mass is 10.0. The van der Waals surface area contributed by atoms with E-state index in [1.165, 1.54) is 24.3 Å². The van der Waals surface area contributed by atoms with E-state index < -0.39 is 41.3 Å². The minimum atomic E-state index is -4.19. The van der Waals surface area contributed by atoms with Crippen LogP contribution in [0, 0.1) is 0 Å². The minimum absolute atomic E-state index is 0.162. The molecular formula is C12H5Cl6NO3S. The monoisotopic (exact) mass is 453 g/mol. The van der Waals surface area contributed by atoms with Gasteiger partial charge in [0.25, 0.3) is 10.0 Å². The van der Waals surface area contributed by atoms with Crippen molar-refractivity contribution in [3.05, 3.63) is 39.4 Å². The molecule has 0 spiro atoms. The van der Waals surface area contributed by atoms with E-state index in [2.05, 4.69) is 4.40 Å². The maximum Gasteiger partial charge on any atom is 0.282 e. The summed E-state index contributed by atoms with van der Waals surface area (Å²) in [6.45, 7) is 0. The van der Waals surface area contributed by atoms with E-state index in [1.54, 1.807) is 0 Å². The van der Waals surface area contributed by atoms with Gasteiger partial charge in [0, 0.05) is 5.02 Å². The topological polar surface area (TPSA) is 63.6 Å². The number of carbonyl (C=O) groups is 1. The van der Waals surface area contributed by atoms with Crippen LogP contribution in [0.2, 0.25) is 5.02 Å². The molecule has 1 aliphatic carbocycles. The summed E-state index contributed by atoms with van der Waals surface area (Å²) in [6.07, 6.45) is 0. The molecule has 0 aromatic heterocycles. The lowest BCUT2D eigenvalue weighted by molar-refractivity contribution is -0.115. The number of allylic oxidation sites excluding steroid dienone is 2. The van der Waals surface area contributed by atoms with E-state index in [0.29, 0.717) is 5.02 Å². The molecule has 0 amide bonds. The van der Waals surface area contributed by atoms with Gasteiger partial charge >= 0.3 is 0 Å². The Bertz CT molecular complexity index is 829. The quantitative estimate of drug-likeness (QED) is 0.616. The summed E-state index contributed by atoms with van der Waals surface area (Å²) in [4.78, 5) is 11.7. The van der Waals surface area contributed by atoms with E-state index in [9.17, 15) is 13.2 Å². The van der Waals surface area contributed by atoms with Gasteiger partial charge < -0.3 is 0 Å². The van der Waals surface area contributed by atoms with Crippen LogP contribution in [0.1, 0.15) is 0 Å². The summed E-state index contributed by atoms with van der Waals surface area (Å²) in [5.41, 5.74) is -0.419. The van der Waals surface area contributed by atoms with Crippen LogP contribution in [0.25, 0.3) is 0 Å². The highest BCUT2D eigenvalue weighted by molar-refractivity contribution is 7.90. The van der Waals surface area contributed by atoms with Gasteiger partial charge in [-0.2, -0.15) is 12.8 Å². The first-order chi connectivity index (χ1) is 10.5. The largest absolute Gasteiger partial charge is 0.290 e. The molecule has 0 heterocycles. The number of hydrogen-bond donors (Lipinski definition) is 0. The van der Waals surface area contributed by atoms with Crippen molar-refractivity contribution in [3.63, 3.8) is 0 Å². The minimum Gasteiger partial charge on any atom is -0.290 e. The highest BCUT2D eigenvalue weighted by atomic mass is 35.5. The summed E-state index contributed by atoms with van der Waals surface area (Å²) in [5, 5.41) is -2.13. The van der Waals surface area contributed by atoms with Crippen molar-refractivity contribution in [1.29, 1.82) is 0 Å². The van der Waals surface area contributed by atoms with E-state index in [4.69, 9.17) is 69.6 Å². The molecule has 0 saturated heterocycles. The van der Waals surface area contributed by atoms with Crippen LogP contribution >= 0.6 is 69.6 Å². The van der Waals surface area contributed by atoms with E-state index in [1.807, 2.05) is 0 Å². The molecule has 1 atom stereocenters. The lowest BCUT2D eigenvalue weighted by Crippen LogP contribution is -2.45. The number of nitrogens with zero attached hydrogens (tertiary/aromatic N) is 1. The zero-order chi connectivity index (χ0) is 17.6. The third kappa shape index (κ3) is 3.66. The third-order valence-corrected chi connectivity index (χ3v) is 6.74. The van der Waals surface area contributed by atoms with Crippen molar-refractivity contribution in [1.82, 2.24) is 0 Å². The number of sulfonamides is 1. The predicted octanol–water partition coefficient (Wildman–Crippen LogP) is 4.52. The maximum atomic E-state index is 12.3. The second-order valence-electron chi connectivity index (χ2n) is 4.35. The molecule has 23 heavy (non-hydrogen) atoms. The number of carbonyl (C=O) groups excluding carboxylic acids is 1. The number of rotatable bonds is 2. The fraction of sp³-hybridized carbons (Fsp3) is 0.167. The molecule has 2 rings (SSSR count). The van der Waals surface area contributed by atoms with Crippen LogP contribution < -0.4 is 0 Å². The van der Waals surface area contributed by atoms with E-state index in [-0.39, 0.29) is 4.90 Å². The molecular weight excluding hydrogens is 451 g/mol. The first-order valence-corrected chi connectivity index (χ1v) is 9.48. The fourth-order valence-corrected chi connectivity index (χ4v) is 4.19. The molecule has 0 saturated carbocycles. The molecule has 0 N–H and O–H groups in total. The summed E-state index contributed by atoms with van der Waals surface area (Å²) in [7, 11) is -4.19. The Kier molecular flexibility index (Phi) is 5.64. The van der Waals surface area contributed by atoms with Crippen LogP contribution in [0.4, 0.5) is 0 Å². The third-order valence-electron chi connectivity index (χ3n) is 2.81. The number of benzene rings is 1. The second-order valence-corrected chi connectivity index (χ2v) is 8.97. The number of hydrogen-bond acceptors (Lipinski definition) is 3. The lowest BCUT2D eigenvalue weighted by Gasteiger charge is -2.29. The Labute approximate surface area is 162 Å². The molecule has 0 aliphatic heterocycles. The van der Waals surface area contributed by atoms with Crippen LogP contribution in [-0.2, 0) is 14.8 Å². The Morgan fingerprint density at radius 2 is 1.52 bits per heavy atom. The van der Waals surface area contributed by atoms with Gasteiger partial charge in [-0.25, -0.2) is 0 Å². The number of Topliss-reactive ketones (excluding diaryl/α,β-unsaturated/α-hetero) is 1. The van der Waals surface area contributed by atoms with E-state index in [0.717, 1.165) is 0 Å². The van der Waals surface area contributed by atoms with Crippen LogP contribution in [0.3, 0.4) is 0 Å². The average molecular weight is 456 g/mol. The Hall–Kier alpha value is -0.0100. The van der Waals surface area contributed by atoms with Gasteiger partial charge in [0.15, 0.2) is 0 Å². The van der Waals surface area contributed by atoms with Gasteiger partial charge in [-0.15, -0.1) is 11.6 Å². The maximum absolute atomic E-state index is 12.3. The van der Waals surface area contributed by atoms with Gasteiger partial charge in [-0.05, 0) is 24.3 Å². The first kappa shape index (κ1) is 19.3. The van der Waals surface area contributed by atoms with Gasteiger partial charge in [0.2, 0.25) is 10.1 Å². The summed E-state index contributed by atoms with van der Waals surface area (Å²) in [5.74, 6) is -0.935. The molecule has 0 bridgehead atoms. The predicted molar refractivity (Wildman–Crippen MR) is 93.9 cm³/mol. The molecule has 1 aromatic rings. The Balaban J connectivity index is 2.61.